The van der Waals surface area contributed by atoms with Crippen molar-refractivity contribution in [3.05, 3.63) is 63.9 Å². The molecule has 2 aromatic rings. The highest BCUT2D eigenvalue weighted by Gasteiger charge is 2.32. The van der Waals surface area contributed by atoms with Crippen molar-refractivity contribution in [3.8, 4) is 0 Å². The maximum atomic E-state index is 14.4. The lowest BCUT2D eigenvalue weighted by Crippen LogP contribution is -2.52. The van der Waals surface area contributed by atoms with Gasteiger partial charge < -0.3 is 10.2 Å². The number of amides is 2. The molecular weight excluding hydrogens is 516 g/mol. The molecule has 0 spiro atoms. The van der Waals surface area contributed by atoms with Gasteiger partial charge in [-0.15, -0.1) is 0 Å². The lowest BCUT2D eigenvalue weighted by molar-refractivity contribution is -0.139. The zero-order valence-corrected chi connectivity index (χ0v) is 21.8. The molecule has 1 aliphatic rings. The van der Waals surface area contributed by atoms with E-state index in [0.717, 1.165) is 36.2 Å². The van der Waals surface area contributed by atoms with Gasteiger partial charge in [0.05, 0.1) is 22.0 Å². The summed E-state index contributed by atoms with van der Waals surface area (Å²) < 4.78 is 40.5. The molecule has 0 aromatic heterocycles. The first-order chi connectivity index (χ1) is 16.5. The van der Waals surface area contributed by atoms with Crippen molar-refractivity contribution in [2.45, 2.75) is 51.2 Å². The molecule has 7 nitrogen and oxygen atoms in total. The summed E-state index contributed by atoms with van der Waals surface area (Å²) in [5, 5.41) is 3.04. The van der Waals surface area contributed by atoms with Gasteiger partial charge in [-0.2, -0.15) is 0 Å². The van der Waals surface area contributed by atoms with Gasteiger partial charge in [0.25, 0.3) is 0 Å². The Labute approximate surface area is 215 Å². The molecule has 2 aromatic carbocycles. The molecule has 0 radical (unpaired) electrons. The molecule has 1 atom stereocenters. The van der Waals surface area contributed by atoms with Crippen LogP contribution >= 0.6 is 23.2 Å². The minimum atomic E-state index is -3.96. The molecule has 35 heavy (non-hydrogen) atoms. The van der Waals surface area contributed by atoms with E-state index in [-0.39, 0.29) is 39.8 Å². The molecule has 1 saturated carbocycles. The number of nitrogens with one attached hydrogen (secondary N) is 1. The summed E-state index contributed by atoms with van der Waals surface area (Å²) in [4.78, 5) is 27.7. The Kier molecular flexibility index (Phi) is 9.01. The molecule has 1 aliphatic carbocycles. The Morgan fingerprint density at radius 1 is 1.11 bits per heavy atom. The second kappa shape index (κ2) is 11.6. The third kappa shape index (κ3) is 6.86. The van der Waals surface area contributed by atoms with Gasteiger partial charge in [-0.05, 0) is 38.0 Å². The normalized spacial score (nSPS) is 15.0. The number of nitrogens with zero attached hydrogens (tertiary/aromatic N) is 2. The molecule has 1 fully saturated rings. The lowest BCUT2D eigenvalue weighted by atomic mass is 10.1. The number of carbonyl (C=O) groups excluding carboxylic acids is 2. The second-order valence-electron chi connectivity index (χ2n) is 8.62. The number of anilines is 1. The molecule has 190 valence electrons. The number of carbonyl (C=O) groups is 2. The monoisotopic (exact) mass is 543 g/mol. The van der Waals surface area contributed by atoms with E-state index in [9.17, 15) is 22.4 Å². The number of rotatable bonds is 9. The Hall–Kier alpha value is -2.36. The fraction of sp³-hybridized carbons (Fsp3) is 0.417. The summed E-state index contributed by atoms with van der Waals surface area (Å²) in [5.41, 5.74) is 0.233. The van der Waals surface area contributed by atoms with E-state index in [1.807, 2.05) is 0 Å². The van der Waals surface area contributed by atoms with Crippen molar-refractivity contribution in [1.29, 1.82) is 0 Å². The van der Waals surface area contributed by atoms with E-state index >= 15 is 0 Å². The zero-order valence-electron chi connectivity index (χ0n) is 19.5. The predicted octanol–water partition coefficient (Wildman–Crippen LogP) is 4.37. The molecule has 2 amide bonds. The lowest BCUT2D eigenvalue weighted by Gasteiger charge is -2.32. The van der Waals surface area contributed by atoms with Gasteiger partial charge in [-0.3, -0.25) is 13.9 Å². The number of hydrogen-bond acceptors (Lipinski definition) is 4. The van der Waals surface area contributed by atoms with Crippen molar-refractivity contribution >= 4 is 50.7 Å². The van der Waals surface area contributed by atoms with Crippen molar-refractivity contribution in [2.75, 3.05) is 17.1 Å². The van der Waals surface area contributed by atoms with Gasteiger partial charge >= 0.3 is 0 Å². The van der Waals surface area contributed by atoms with Gasteiger partial charge in [0, 0.05) is 18.2 Å². The van der Waals surface area contributed by atoms with E-state index in [1.54, 1.807) is 13.0 Å². The summed E-state index contributed by atoms with van der Waals surface area (Å²) in [7, 11) is -3.96. The highest BCUT2D eigenvalue weighted by atomic mass is 35.5. The number of sulfonamides is 1. The third-order valence-corrected chi connectivity index (χ3v) is 7.98. The maximum Gasteiger partial charge on any atom is 0.244 e. The topological polar surface area (TPSA) is 86.8 Å². The SMILES string of the molecule is C[C@@H](C(=O)NC1CCCC1)N(Cc1ccccc1F)C(=O)CN(c1cccc(Cl)c1Cl)S(C)(=O)=O. The van der Waals surface area contributed by atoms with Gasteiger partial charge in [0.1, 0.15) is 18.4 Å². The zero-order chi connectivity index (χ0) is 25.8. The third-order valence-electron chi connectivity index (χ3n) is 6.05. The van der Waals surface area contributed by atoms with Gasteiger partial charge in [0.15, 0.2) is 0 Å². The minimum absolute atomic E-state index is 0.0214. The molecule has 0 aliphatic heterocycles. The molecule has 0 bridgehead atoms. The van der Waals surface area contributed by atoms with Gasteiger partial charge in [0.2, 0.25) is 21.8 Å². The Bertz CT molecular complexity index is 1190. The number of benzene rings is 2. The standard InChI is InChI=1S/C24H28Cl2FN3O4S/c1-16(24(32)28-18-9-4-5-10-18)29(14-17-8-3-6-12-20(17)27)22(31)15-30(35(2,33)34)21-13-7-11-19(25)23(21)26/h3,6-8,11-13,16,18H,4-5,9-10,14-15H2,1-2H3,(H,28,32)/t16-/m0/s1. The first-order valence-corrected chi connectivity index (χ1v) is 13.8. The smallest absolute Gasteiger partial charge is 0.244 e. The maximum absolute atomic E-state index is 14.4. The van der Waals surface area contributed by atoms with Crippen LogP contribution in [0.5, 0.6) is 0 Å². The highest BCUT2D eigenvalue weighted by Crippen LogP contribution is 2.33. The van der Waals surface area contributed by atoms with Crippen molar-refractivity contribution in [1.82, 2.24) is 10.2 Å². The van der Waals surface area contributed by atoms with Crippen LogP contribution in [0.4, 0.5) is 10.1 Å². The van der Waals surface area contributed by atoms with E-state index in [2.05, 4.69) is 5.32 Å². The molecular formula is C24H28Cl2FN3O4S. The summed E-state index contributed by atoms with van der Waals surface area (Å²) in [6, 6.07) is 9.41. The average Bonchev–Trinajstić information content (AvgIpc) is 3.30. The van der Waals surface area contributed by atoms with Crippen molar-refractivity contribution in [2.24, 2.45) is 0 Å². The van der Waals surface area contributed by atoms with Crippen LogP contribution in [-0.4, -0.2) is 50.0 Å². The van der Waals surface area contributed by atoms with Crippen LogP contribution in [0.1, 0.15) is 38.2 Å². The molecule has 11 heteroatoms. The Morgan fingerprint density at radius 3 is 2.40 bits per heavy atom. The largest absolute Gasteiger partial charge is 0.352 e. The fourth-order valence-electron chi connectivity index (χ4n) is 4.06. The van der Waals surface area contributed by atoms with Gasteiger partial charge in [-0.1, -0.05) is 60.3 Å². The quantitative estimate of drug-likeness (QED) is 0.508. The van der Waals surface area contributed by atoms with Crippen LogP contribution in [0.15, 0.2) is 42.5 Å². The summed E-state index contributed by atoms with van der Waals surface area (Å²) in [6.07, 6.45) is 4.68. The number of hydrogen-bond donors (Lipinski definition) is 1. The Morgan fingerprint density at radius 2 is 1.77 bits per heavy atom. The Balaban J connectivity index is 1.92. The molecule has 0 unspecified atom stereocenters. The predicted molar refractivity (Wildman–Crippen MR) is 135 cm³/mol. The highest BCUT2D eigenvalue weighted by molar-refractivity contribution is 7.92. The average molecular weight is 544 g/mol. The fourth-order valence-corrected chi connectivity index (χ4v) is 5.37. The van der Waals surface area contributed by atoms with Crippen LogP contribution in [0, 0.1) is 5.82 Å². The number of halogens is 3. The van der Waals surface area contributed by atoms with Crippen molar-refractivity contribution < 1.29 is 22.4 Å². The van der Waals surface area contributed by atoms with Crippen LogP contribution in [0.3, 0.4) is 0 Å². The first kappa shape index (κ1) is 27.2. The van der Waals surface area contributed by atoms with E-state index in [0.29, 0.717) is 0 Å². The van der Waals surface area contributed by atoms with E-state index < -0.39 is 34.3 Å². The van der Waals surface area contributed by atoms with E-state index in [1.165, 1.54) is 41.3 Å². The first-order valence-electron chi connectivity index (χ1n) is 11.2. The summed E-state index contributed by atoms with van der Waals surface area (Å²) in [6.45, 7) is 0.681. The molecule has 3 rings (SSSR count). The summed E-state index contributed by atoms with van der Waals surface area (Å²) >= 11 is 12.3. The molecule has 1 N–H and O–H groups in total. The van der Waals surface area contributed by atoms with Gasteiger partial charge in [-0.25, -0.2) is 12.8 Å². The van der Waals surface area contributed by atoms with Crippen LogP contribution in [0.2, 0.25) is 10.0 Å². The van der Waals surface area contributed by atoms with Crippen LogP contribution in [-0.2, 0) is 26.2 Å². The molecule has 0 heterocycles. The van der Waals surface area contributed by atoms with E-state index in [4.69, 9.17) is 23.2 Å². The second-order valence-corrected chi connectivity index (χ2v) is 11.3. The minimum Gasteiger partial charge on any atom is -0.352 e. The molecule has 0 saturated heterocycles. The summed E-state index contributed by atoms with van der Waals surface area (Å²) in [5.74, 6) is -1.61. The van der Waals surface area contributed by atoms with Crippen molar-refractivity contribution in [3.63, 3.8) is 0 Å². The van der Waals surface area contributed by atoms with Crippen LogP contribution in [0.25, 0.3) is 0 Å². The van der Waals surface area contributed by atoms with Crippen LogP contribution < -0.4 is 9.62 Å².